The lowest BCUT2D eigenvalue weighted by Crippen LogP contribution is -2.40. The van der Waals surface area contributed by atoms with Gasteiger partial charge in [-0.1, -0.05) is 18.2 Å². The molecule has 0 bridgehead atoms. The number of carboxylic acids is 1. The molecule has 1 atom stereocenters. The Hall–Kier alpha value is -1.53. The van der Waals surface area contributed by atoms with Crippen molar-refractivity contribution in [1.82, 2.24) is 4.90 Å². The number of carboxylic acid groups (broad SMARTS) is 1. The molecular weight excluding hydrogens is 278 g/mol. The van der Waals surface area contributed by atoms with Gasteiger partial charge < -0.3 is 14.7 Å². The number of methoxy groups -OCH3 is 1. The summed E-state index contributed by atoms with van der Waals surface area (Å²) in [6.07, 6.45) is 0. The zero-order valence-electron chi connectivity index (χ0n) is 11.2. The summed E-state index contributed by atoms with van der Waals surface area (Å²) in [6.45, 7) is 0.344. The molecule has 0 aliphatic carbocycles. The monoisotopic (exact) mass is 295 g/mol. The van der Waals surface area contributed by atoms with Crippen LogP contribution in [0.1, 0.15) is 11.5 Å². The van der Waals surface area contributed by atoms with Crippen LogP contribution in [0.5, 0.6) is 0 Å². The number of fused-ring (bicyclic) bond motifs is 1. The first-order valence-corrected chi connectivity index (χ1v) is 7.33. The number of ether oxygens (including phenoxy) is 1. The summed E-state index contributed by atoms with van der Waals surface area (Å²) in [5.74, 6) is -0.732. The average molecular weight is 295 g/mol. The molecule has 0 aromatic heterocycles. The number of thioether (sulfide) groups is 1. The van der Waals surface area contributed by atoms with Gasteiger partial charge >= 0.3 is 5.97 Å². The van der Waals surface area contributed by atoms with Crippen LogP contribution in [0.2, 0.25) is 0 Å². The lowest BCUT2D eigenvalue weighted by Gasteiger charge is -2.23. The number of hydrogen-bond acceptors (Lipinski definition) is 4. The van der Waals surface area contributed by atoms with Gasteiger partial charge in [-0.3, -0.25) is 9.59 Å². The van der Waals surface area contributed by atoms with Crippen molar-refractivity contribution in [1.29, 1.82) is 0 Å². The summed E-state index contributed by atoms with van der Waals surface area (Å²) in [7, 11) is 1.53. The van der Waals surface area contributed by atoms with E-state index in [9.17, 15) is 9.59 Å². The van der Waals surface area contributed by atoms with Crippen LogP contribution in [0.25, 0.3) is 0 Å². The van der Waals surface area contributed by atoms with E-state index in [1.807, 2.05) is 24.3 Å². The first kappa shape index (κ1) is 14.9. The van der Waals surface area contributed by atoms with Crippen molar-refractivity contribution in [2.24, 2.45) is 0 Å². The number of amides is 1. The third-order valence-electron chi connectivity index (χ3n) is 3.20. The second-order valence-electron chi connectivity index (χ2n) is 4.55. The van der Waals surface area contributed by atoms with Gasteiger partial charge in [0.05, 0.1) is 12.5 Å². The van der Waals surface area contributed by atoms with Gasteiger partial charge in [-0.15, -0.1) is 11.8 Å². The van der Waals surface area contributed by atoms with Gasteiger partial charge in [0.2, 0.25) is 5.91 Å². The Labute approximate surface area is 121 Å². The van der Waals surface area contributed by atoms with E-state index in [1.165, 1.54) is 12.0 Å². The highest BCUT2D eigenvalue weighted by atomic mass is 32.2. The summed E-state index contributed by atoms with van der Waals surface area (Å²) < 4.78 is 4.94. The van der Waals surface area contributed by atoms with Crippen LogP contribution in [-0.2, 0) is 14.3 Å². The fraction of sp³-hybridized carbons (Fsp3) is 0.429. The van der Waals surface area contributed by atoms with Gasteiger partial charge in [0.15, 0.2) is 0 Å². The lowest BCUT2D eigenvalue weighted by atomic mass is 10.00. The molecule has 0 fully saturated rings. The van der Waals surface area contributed by atoms with E-state index in [2.05, 4.69) is 0 Å². The Balaban J connectivity index is 2.13. The van der Waals surface area contributed by atoms with Gasteiger partial charge in [0, 0.05) is 24.3 Å². The molecule has 1 aliphatic heterocycles. The minimum atomic E-state index is -1.01. The molecule has 1 unspecified atom stereocenters. The van der Waals surface area contributed by atoms with Crippen LogP contribution in [0.4, 0.5) is 0 Å². The van der Waals surface area contributed by atoms with E-state index in [0.29, 0.717) is 18.9 Å². The van der Waals surface area contributed by atoms with Gasteiger partial charge in [-0.2, -0.15) is 0 Å². The number of benzene rings is 1. The van der Waals surface area contributed by atoms with E-state index in [1.54, 1.807) is 11.8 Å². The molecule has 0 radical (unpaired) electrons. The second kappa shape index (κ2) is 6.76. The molecule has 6 heteroatoms. The second-order valence-corrected chi connectivity index (χ2v) is 5.61. The standard InChI is InChI=1S/C14H17NO4S/c1-19-7-6-15(8-13(16)17)14(18)11-9-20-12-5-3-2-4-10(11)12/h2-5,11H,6-9H2,1H3,(H,16,17). The molecule has 1 N–H and O–H groups in total. The number of nitrogens with zero attached hydrogens (tertiary/aromatic N) is 1. The van der Waals surface area contributed by atoms with Crippen molar-refractivity contribution in [2.75, 3.05) is 32.6 Å². The van der Waals surface area contributed by atoms with Crippen LogP contribution in [0.15, 0.2) is 29.2 Å². The maximum Gasteiger partial charge on any atom is 0.323 e. The Kier molecular flexibility index (Phi) is 5.03. The zero-order valence-corrected chi connectivity index (χ0v) is 12.1. The topological polar surface area (TPSA) is 66.8 Å². The maximum atomic E-state index is 12.5. The molecule has 0 saturated carbocycles. The Morgan fingerprint density at radius 2 is 2.20 bits per heavy atom. The van der Waals surface area contributed by atoms with Crippen molar-refractivity contribution in [3.05, 3.63) is 29.8 Å². The molecule has 108 valence electrons. The third-order valence-corrected chi connectivity index (χ3v) is 4.38. The van der Waals surface area contributed by atoms with Crippen molar-refractivity contribution < 1.29 is 19.4 Å². The Morgan fingerprint density at radius 3 is 2.90 bits per heavy atom. The molecule has 5 nitrogen and oxygen atoms in total. The van der Waals surface area contributed by atoms with Gasteiger partial charge in [-0.05, 0) is 11.6 Å². The smallest absolute Gasteiger partial charge is 0.323 e. The Bertz CT molecular complexity index is 506. The summed E-state index contributed by atoms with van der Waals surface area (Å²) >= 11 is 1.64. The van der Waals surface area contributed by atoms with E-state index in [-0.39, 0.29) is 18.4 Å². The fourth-order valence-corrected chi connectivity index (χ4v) is 3.44. The Morgan fingerprint density at radius 1 is 1.45 bits per heavy atom. The van der Waals surface area contributed by atoms with Crippen molar-refractivity contribution in [3.8, 4) is 0 Å². The molecule has 1 heterocycles. The van der Waals surface area contributed by atoms with Gasteiger partial charge in [0.25, 0.3) is 0 Å². The molecule has 1 amide bonds. The number of carbonyl (C=O) groups is 2. The van der Waals surface area contributed by atoms with Crippen molar-refractivity contribution in [3.63, 3.8) is 0 Å². The summed E-state index contributed by atoms with van der Waals surface area (Å²) in [6, 6.07) is 7.78. The van der Waals surface area contributed by atoms with Crippen molar-refractivity contribution in [2.45, 2.75) is 10.8 Å². The van der Waals surface area contributed by atoms with E-state index in [4.69, 9.17) is 9.84 Å². The van der Waals surface area contributed by atoms with Crippen molar-refractivity contribution >= 4 is 23.6 Å². The predicted molar refractivity (Wildman–Crippen MR) is 76.0 cm³/mol. The van der Waals surface area contributed by atoms with Crippen LogP contribution in [0.3, 0.4) is 0 Å². The molecule has 0 saturated heterocycles. The minimum Gasteiger partial charge on any atom is -0.480 e. The highest BCUT2D eigenvalue weighted by Crippen LogP contribution is 2.40. The summed E-state index contributed by atoms with van der Waals surface area (Å²) in [4.78, 5) is 25.9. The highest BCUT2D eigenvalue weighted by molar-refractivity contribution is 7.99. The molecule has 1 aromatic rings. The third kappa shape index (κ3) is 3.32. The molecule has 1 aromatic carbocycles. The number of hydrogen-bond donors (Lipinski definition) is 1. The quantitative estimate of drug-likeness (QED) is 0.860. The molecule has 20 heavy (non-hydrogen) atoms. The molecule has 0 spiro atoms. The lowest BCUT2D eigenvalue weighted by molar-refractivity contribution is -0.145. The normalized spacial score (nSPS) is 16.8. The number of carbonyl (C=O) groups excluding carboxylic acids is 1. The van der Waals surface area contributed by atoms with E-state index < -0.39 is 5.97 Å². The van der Waals surface area contributed by atoms with Gasteiger partial charge in [0.1, 0.15) is 6.54 Å². The van der Waals surface area contributed by atoms with Crippen LogP contribution < -0.4 is 0 Å². The largest absolute Gasteiger partial charge is 0.480 e. The van der Waals surface area contributed by atoms with Crippen LogP contribution in [-0.4, -0.2) is 54.4 Å². The average Bonchev–Trinajstić information content (AvgIpc) is 2.86. The first-order chi connectivity index (χ1) is 9.63. The summed E-state index contributed by atoms with van der Waals surface area (Å²) in [5.41, 5.74) is 0.996. The predicted octanol–water partition coefficient (Wildman–Crippen LogP) is 1.44. The molecule has 2 rings (SSSR count). The SMILES string of the molecule is COCCN(CC(=O)O)C(=O)C1CSc2ccccc21. The molecule has 1 aliphatic rings. The first-order valence-electron chi connectivity index (χ1n) is 6.34. The number of aliphatic carboxylic acids is 1. The molecular formula is C14H17NO4S. The van der Waals surface area contributed by atoms with Gasteiger partial charge in [-0.25, -0.2) is 0 Å². The van der Waals surface area contributed by atoms with E-state index >= 15 is 0 Å². The van der Waals surface area contributed by atoms with Crippen LogP contribution in [0, 0.1) is 0 Å². The number of rotatable bonds is 6. The maximum absolute atomic E-state index is 12.5. The fourth-order valence-electron chi connectivity index (χ4n) is 2.22. The highest BCUT2D eigenvalue weighted by Gasteiger charge is 2.32. The van der Waals surface area contributed by atoms with Crippen LogP contribution >= 0.6 is 11.8 Å². The zero-order chi connectivity index (χ0) is 14.5. The minimum absolute atomic E-state index is 0.137. The summed E-state index contributed by atoms with van der Waals surface area (Å²) in [5, 5.41) is 8.93. The van der Waals surface area contributed by atoms with E-state index in [0.717, 1.165) is 10.5 Å².